The summed E-state index contributed by atoms with van der Waals surface area (Å²) in [6.07, 6.45) is 0.507. The Labute approximate surface area is 98.5 Å². The third-order valence-corrected chi connectivity index (χ3v) is 2.38. The predicted molar refractivity (Wildman–Crippen MR) is 59.6 cm³/mol. The molecule has 1 atom stereocenters. The molecule has 0 spiro atoms. The SMILES string of the molecule is CCCNC(CC(=O)O)c1cccc(F)c1F. The second-order valence-corrected chi connectivity index (χ2v) is 3.75. The summed E-state index contributed by atoms with van der Waals surface area (Å²) in [6.45, 7) is 2.46. The summed E-state index contributed by atoms with van der Waals surface area (Å²) in [4.78, 5) is 10.7. The molecule has 0 radical (unpaired) electrons. The predicted octanol–water partition coefficient (Wildman–Crippen LogP) is 2.48. The molecule has 0 aliphatic carbocycles. The number of rotatable bonds is 6. The first kappa shape index (κ1) is 13.6. The Morgan fingerprint density at radius 2 is 2.18 bits per heavy atom. The number of hydrogen-bond donors (Lipinski definition) is 2. The van der Waals surface area contributed by atoms with Gasteiger partial charge >= 0.3 is 5.97 Å². The molecule has 1 aromatic carbocycles. The Balaban J connectivity index is 2.94. The molecule has 94 valence electrons. The van der Waals surface area contributed by atoms with Gasteiger partial charge in [-0.1, -0.05) is 19.1 Å². The van der Waals surface area contributed by atoms with E-state index >= 15 is 0 Å². The van der Waals surface area contributed by atoms with Gasteiger partial charge in [-0.15, -0.1) is 0 Å². The number of carbonyl (C=O) groups is 1. The molecule has 0 aliphatic heterocycles. The van der Waals surface area contributed by atoms with Crippen molar-refractivity contribution in [2.75, 3.05) is 6.54 Å². The van der Waals surface area contributed by atoms with Crippen molar-refractivity contribution < 1.29 is 18.7 Å². The summed E-state index contributed by atoms with van der Waals surface area (Å²) in [5.74, 6) is -3.00. The van der Waals surface area contributed by atoms with Crippen LogP contribution in [0.5, 0.6) is 0 Å². The third kappa shape index (κ3) is 3.78. The fraction of sp³-hybridized carbons (Fsp3) is 0.417. The van der Waals surface area contributed by atoms with E-state index in [1.54, 1.807) is 0 Å². The lowest BCUT2D eigenvalue weighted by molar-refractivity contribution is -0.137. The van der Waals surface area contributed by atoms with Gasteiger partial charge in [0.05, 0.1) is 6.42 Å². The Hall–Kier alpha value is -1.49. The molecule has 1 unspecified atom stereocenters. The van der Waals surface area contributed by atoms with Crippen LogP contribution in [0.25, 0.3) is 0 Å². The lowest BCUT2D eigenvalue weighted by atomic mass is 10.0. The van der Waals surface area contributed by atoms with Crippen LogP contribution in [-0.4, -0.2) is 17.6 Å². The summed E-state index contributed by atoms with van der Waals surface area (Å²) in [6, 6.07) is 3.07. The van der Waals surface area contributed by atoms with Crippen LogP contribution in [0, 0.1) is 11.6 Å². The Morgan fingerprint density at radius 1 is 1.47 bits per heavy atom. The molecule has 1 aromatic rings. The van der Waals surface area contributed by atoms with E-state index in [9.17, 15) is 13.6 Å². The third-order valence-electron chi connectivity index (χ3n) is 2.38. The van der Waals surface area contributed by atoms with Gasteiger partial charge in [-0.05, 0) is 19.0 Å². The maximum absolute atomic E-state index is 13.5. The molecule has 3 nitrogen and oxygen atoms in total. The van der Waals surface area contributed by atoms with Crippen molar-refractivity contribution in [3.63, 3.8) is 0 Å². The molecule has 0 amide bonds. The molecule has 0 saturated heterocycles. The summed E-state index contributed by atoms with van der Waals surface area (Å²) >= 11 is 0. The molecule has 0 aliphatic rings. The molecule has 5 heteroatoms. The number of benzene rings is 1. The average Bonchev–Trinajstić information content (AvgIpc) is 2.28. The van der Waals surface area contributed by atoms with Gasteiger partial charge < -0.3 is 10.4 Å². The molecular weight excluding hydrogens is 228 g/mol. The minimum atomic E-state index is -1.05. The second kappa shape index (κ2) is 6.30. The Kier molecular flexibility index (Phi) is 5.03. The van der Waals surface area contributed by atoms with Crippen LogP contribution in [0.1, 0.15) is 31.4 Å². The summed E-state index contributed by atoms with van der Waals surface area (Å²) in [5.41, 5.74) is 0.0563. The molecule has 2 N–H and O–H groups in total. The zero-order chi connectivity index (χ0) is 12.8. The van der Waals surface area contributed by atoms with E-state index in [0.29, 0.717) is 6.54 Å². The van der Waals surface area contributed by atoms with Crippen LogP contribution >= 0.6 is 0 Å². The average molecular weight is 243 g/mol. The van der Waals surface area contributed by atoms with Crippen molar-refractivity contribution in [3.8, 4) is 0 Å². The van der Waals surface area contributed by atoms with E-state index < -0.39 is 23.6 Å². The highest BCUT2D eigenvalue weighted by molar-refractivity contribution is 5.68. The van der Waals surface area contributed by atoms with Gasteiger partial charge in [0.15, 0.2) is 11.6 Å². The first-order valence-corrected chi connectivity index (χ1v) is 5.45. The highest BCUT2D eigenvalue weighted by Crippen LogP contribution is 2.22. The van der Waals surface area contributed by atoms with Crippen LogP contribution in [0.15, 0.2) is 18.2 Å². The van der Waals surface area contributed by atoms with Crippen molar-refractivity contribution in [3.05, 3.63) is 35.4 Å². The van der Waals surface area contributed by atoms with Crippen LogP contribution in [0.4, 0.5) is 8.78 Å². The van der Waals surface area contributed by atoms with Gasteiger partial charge in [-0.3, -0.25) is 4.79 Å². The van der Waals surface area contributed by atoms with Crippen molar-refractivity contribution in [1.29, 1.82) is 0 Å². The zero-order valence-corrected chi connectivity index (χ0v) is 9.54. The minimum Gasteiger partial charge on any atom is -0.481 e. The van der Waals surface area contributed by atoms with Crippen LogP contribution in [0.2, 0.25) is 0 Å². The lowest BCUT2D eigenvalue weighted by Gasteiger charge is -2.17. The summed E-state index contributed by atoms with van der Waals surface area (Å²) < 4.78 is 26.6. The van der Waals surface area contributed by atoms with Crippen molar-refractivity contribution >= 4 is 5.97 Å². The fourth-order valence-corrected chi connectivity index (χ4v) is 1.57. The maximum atomic E-state index is 13.5. The largest absolute Gasteiger partial charge is 0.481 e. The minimum absolute atomic E-state index is 0.0563. The maximum Gasteiger partial charge on any atom is 0.305 e. The normalized spacial score (nSPS) is 12.4. The van der Waals surface area contributed by atoms with E-state index in [-0.39, 0.29) is 12.0 Å². The van der Waals surface area contributed by atoms with Gasteiger partial charge in [-0.25, -0.2) is 8.78 Å². The van der Waals surface area contributed by atoms with E-state index in [0.717, 1.165) is 12.5 Å². The number of halogens is 2. The quantitative estimate of drug-likeness (QED) is 0.807. The number of hydrogen-bond acceptors (Lipinski definition) is 2. The molecular formula is C12H15F2NO2. The first-order chi connectivity index (χ1) is 8.06. The Bertz CT molecular complexity index is 396. The van der Waals surface area contributed by atoms with Gasteiger partial charge in [0, 0.05) is 11.6 Å². The van der Waals surface area contributed by atoms with Crippen molar-refractivity contribution in [2.24, 2.45) is 0 Å². The topological polar surface area (TPSA) is 49.3 Å². The molecule has 0 saturated carbocycles. The molecule has 0 aromatic heterocycles. The van der Waals surface area contributed by atoms with Crippen LogP contribution in [0.3, 0.4) is 0 Å². The summed E-state index contributed by atoms with van der Waals surface area (Å²) in [7, 11) is 0. The van der Waals surface area contributed by atoms with Gasteiger partial charge in [-0.2, -0.15) is 0 Å². The smallest absolute Gasteiger partial charge is 0.305 e. The van der Waals surface area contributed by atoms with Gasteiger partial charge in [0.1, 0.15) is 0 Å². The molecule has 0 heterocycles. The van der Waals surface area contributed by atoms with E-state index in [4.69, 9.17) is 5.11 Å². The highest BCUT2D eigenvalue weighted by atomic mass is 19.2. The van der Waals surface area contributed by atoms with Crippen LogP contribution in [-0.2, 0) is 4.79 Å². The molecule has 1 rings (SSSR count). The number of carboxylic acid groups (broad SMARTS) is 1. The van der Waals surface area contributed by atoms with Crippen molar-refractivity contribution in [1.82, 2.24) is 5.32 Å². The number of nitrogens with one attached hydrogen (secondary N) is 1. The van der Waals surface area contributed by atoms with Gasteiger partial charge in [0.25, 0.3) is 0 Å². The summed E-state index contributed by atoms with van der Waals surface area (Å²) in [5, 5.41) is 11.6. The molecule has 0 fully saturated rings. The van der Waals surface area contributed by atoms with E-state index in [2.05, 4.69) is 5.32 Å². The zero-order valence-electron chi connectivity index (χ0n) is 9.54. The van der Waals surface area contributed by atoms with Crippen molar-refractivity contribution in [2.45, 2.75) is 25.8 Å². The second-order valence-electron chi connectivity index (χ2n) is 3.75. The standard InChI is InChI=1S/C12H15F2NO2/c1-2-6-15-10(7-11(16)17)8-4-3-5-9(13)12(8)14/h3-5,10,15H,2,6-7H2,1H3,(H,16,17). The Morgan fingerprint density at radius 3 is 2.76 bits per heavy atom. The van der Waals surface area contributed by atoms with E-state index in [1.165, 1.54) is 12.1 Å². The fourth-order valence-electron chi connectivity index (χ4n) is 1.57. The highest BCUT2D eigenvalue weighted by Gasteiger charge is 2.20. The monoisotopic (exact) mass is 243 g/mol. The molecule has 0 bridgehead atoms. The number of carboxylic acids is 1. The molecule has 17 heavy (non-hydrogen) atoms. The number of aliphatic carboxylic acids is 1. The van der Waals surface area contributed by atoms with Gasteiger partial charge in [0.2, 0.25) is 0 Å². The first-order valence-electron chi connectivity index (χ1n) is 5.45. The lowest BCUT2D eigenvalue weighted by Crippen LogP contribution is -2.25. The van der Waals surface area contributed by atoms with Crippen LogP contribution < -0.4 is 5.32 Å². The van der Waals surface area contributed by atoms with E-state index in [1.807, 2.05) is 6.92 Å².